The zero-order valence-corrected chi connectivity index (χ0v) is 11.0. The number of aryl methyl sites for hydroxylation is 2. The van der Waals surface area contributed by atoms with Crippen molar-refractivity contribution in [1.29, 1.82) is 0 Å². The van der Waals surface area contributed by atoms with E-state index in [2.05, 4.69) is 22.1 Å². The van der Waals surface area contributed by atoms with Gasteiger partial charge in [-0.25, -0.2) is 4.98 Å². The molecule has 1 atom stereocenters. The summed E-state index contributed by atoms with van der Waals surface area (Å²) in [5, 5.41) is 1.10. The van der Waals surface area contributed by atoms with Crippen LogP contribution in [0, 0.1) is 6.92 Å². The van der Waals surface area contributed by atoms with Crippen LogP contribution in [0.15, 0.2) is 42.7 Å². The number of nitrogens with two attached hydrogens (primary N) is 1. The smallest absolute Gasteiger partial charge is 0.129 e. The first-order chi connectivity index (χ1) is 9.15. The van der Waals surface area contributed by atoms with Crippen molar-refractivity contribution in [2.24, 2.45) is 12.8 Å². The molecule has 0 saturated carbocycles. The summed E-state index contributed by atoms with van der Waals surface area (Å²) in [5.41, 5.74) is 9.35. The van der Waals surface area contributed by atoms with Gasteiger partial charge in [0.1, 0.15) is 5.82 Å². The van der Waals surface area contributed by atoms with E-state index < -0.39 is 0 Å². The van der Waals surface area contributed by atoms with E-state index in [1.165, 1.54) is 0 Å². The average molecular weight is 252 g/mol. The second kappa shape index (κ2) is 4.48. The molecule has 0 amide bonds. The van der Waals surface area contributed by atoms with Crippen molar-refractivity contribution in [3.8, 4) is 0 Å². The number of rotatable bonds is 2. The van der Waals surface area contributed by atoms with Crippen LogP contribution in [0.1, 0.15) is 23.1 Å². The van der Waals surface area contributed by atoms with Crippen molar-refractivity contribution in [3.05, 3.63) is 59.8 Å². The number of pyridine rings is 1. The highest BCUT2D eigenvalue weighted by Crippen LogP contribution is 2.22. The lowest BCUT2D eigenvalue weighted by atomic mass is 10.0. The Morgan fingerprint density at radius 3 is 2.79 bits per heavy atom. The van der Waals surface area contributed by atoms with Crippen molar-refractivity contribution >= 4 is 10.9 Å². The highest BCUT2D eigenvalue weighted by molar-refractivity contribution is 5.79. The van der Waals surface area contributed by atoms with Crippen LogP contribution in [0.4, 0.5) is 0 Å². The third kappa shape index (κ3) is 2.11. The van der Waals surface area contributed by atoms with Gasteiger partial charge in [-0.05, 0) is 30.7 Å². The van der Waals surface area contributed by atoms with Crippen molar-refractivity contribution in [1.82, 2.24) is 14.5 Å². The lowest BCUT2D eigenvalue weighted by molar-refractivity contribution is 0.717. The number of nitrogens with zero attached hydrogens (tertiary/aromatic N) is 3. The molecule has 4 heteroatoms. The van der Waals surface area contributed by atoms with Crippen LogP contribution in [0.25, 0.3) is 10.9 Å². The molecule has 0 fully saturated rings. The van der Waals surface area contributed by atoms with Crippen molar-refractivity contribution in [3.63, 3.8) is 0 Å². The summed E-state index contributed by atoms with van der Waals surface area (Å²) in [5.74, 6) is 0.861. The van der Waals surface area contributed by atoms with Crippen LogP contribution in [-0.4, -0.2) is 14.5 Å². The molecule has 3 rings (SSSR count). The Labute approximate surface area is 111 Å². The van der Waals surface area contributed by atoms with E-state index in [4.69, 9.17) is 5.73 Å². The standard InChI is InChI=1S/C15H16N4/c1-10-3-4-11-9-12(5-6-13(11)18-10)14(16)15-17-7-8-19(15)2/h3-9,14H,16H2,1-2H3. The lowest BCUT2D eigenvalue weighted by Crippen LogP contribution is -2.16. The van der Waals surface area contributed by atoms with E-state index in [0.29, 0.717) is 0 Å². The molecule has 0 aliphatic rings. The van der Waals surface area contributed by atoms with Crippen LogP contribution < -0.4 is 5.73 Å². The van der Waals surface area contributed by atoms with Crippen molar-refractivity contribution < 1.29 is 0 Å². The highest BCUT2D eigenvalue weighted by atomic mass is 15.1. The molecule has 0 bridgehead atoms. The quantitative estimate of drug-likeness (QED) is 0.761. The molecule has 3 aromatic rings. The molecule has 96 valence electrons. The van der Waals surface area contributed by atoms with Crippen LogP contribution in [0.2, 0.25) is 0 Å². The molecule has 0 radical (unpaired) electrons. The summed E-state index contributed by atoms with van der Waals surface area (Å²) in [6, 6.07) is 9.99. The van der Waals surface area contributed by atoms with Crippen LogP contribution in [0.5, 0.6) is 0 Å². The Kier molecular flexibility index (Phi) is 2.80. The summed E-state index contributed by atoms with van der Waals surface area (Å²) in [7, 11) is 1.95. The summed E-state index contributed by atoms with van der Waals surface area (Å²) < 4.78 is 1.95. The molecule has 0 aliphatic carbocycles. The third-order valence-electron chi connectivity index (χ3n) is 3.35. The van der Waals surface area contributed by atoms with E-state index in [0.717, 1.165) is 28.0 Å². The fourth-order valence-corrected chi connectivity index (χ4v) is 2.27. The molecule has 2 N–H and O–H groups in total. The molecule has 0 spiro atoms. The molecule has 2 heterocycles. The normalized spacial score (nSPS) is 12.8. The summed E-state index contributed by atoms with van der Waals surface area (Å²) in [4.78, 5) is 8.80. The summed E-state index contributed by atoms with van der Waals surface area (Å²) >= 11 is 0. The molecule has 1 aromatic carbocycles. The number of fused-ring (bicyclic) bond motifs is 1. The first kappa shape index (κ1) is 11.9. The molecular formula is C15H16N4. The monoisotopic (exact) mass is 252 g/mol. The number of aromatic nitrogens is 3. The van der Waals surface area contributed by atoms with Gasteiger partial charge in [0, 0.05) is 30.5 Å². The Bertz CT molecular complexity index is 730. The van der Waals surface area contributed by atoms with E-state index in [-0.39, 0.29) is 6.04 Å². The first-order valence-electron chi connectivity index (χ1n) is 6.25. The number of hydrogen-bond donors (Lipinski definition) is 1. The SMILES string of the molecule is Cc1ccc2cc(C(N)c3nccn3C)ccc2n1. The largest absolute Gasteiger partial charge is 0.336 e. The topological polar surface area (TPSA) is 56.7 Å². The van der Waals surface area contributed by atoms with Crippen LogP contribution in [0.3, 0.4) is 0 Å². The maximum atomic E-state index is 6.28. The van der Waals surface area contributed by atoms with E-state index >= 15 is 0 Å². The van der Waals surface area contributed by atoms with Crippen molar-refractivity contribution in [2.75, 3.05) is 0 Å². The minimum atomic E-state index is -0.217. The predicted octanol–water partition coefficient (Wildman–Crippen LogP) is 2.32. The van der Waals surface area contributed by atoms with Crippen LogP contribution >= 0.6 is 0 Å². The minimum Gasteiger partial charge on any atom is -0.336 e. The zero-order valence-electron chi connectivity index (χ0n) is 11.0. The highest BCUT2D eigenvalue weighted by Gasteiger charge is 2.13. The minimum absolute atomic E-state index is 0.217. The number of hydrogen-bond acceptors (Lipinski definition) is 3. The van der Waals surface area contributed by atoms with Gasteiger partial charge in [0.15, 0.2) is 0 Å². The first-order valence-corrected chi connectivity index (χ1v) is 6.25. The molecule has 1 unspecified atom stereocenters. The Hall–Kier alpha value is -2.20. The van der Waals surface area contributed by atoms with Gasteiger partial charge in [-0.15, -0.1) is 0 Å². The van der Waals surface area contributed by atoms with Gasteiger partial charge in [0.2, 0.25) is 0 Å². The van der Waals surface area contributed by atoms with Gasteiger partial charge in [0.25, 0.3) is 0 Å². The van der Waals surface area contributed by atoms with Crippen molar-refractivity contribution in [2.45, 2.75) is 13.0 Å². The molecule has 4 nitrogen and oxygen atoms in total. The fourth-order valence-electron chi connectivity index (χ4n) is 2.27. The molecule has 0 aliphatic heterocycles. The maximum Gasteiger partial charge on any atom is 0.129 e. The number of imidazole rings is 1. The maximum absolute atomic E-state index is 6.28. The average Bonchev–Trinajstić information content (AvgIpc) is 2.83. The summed E-state index contributed by atoms with van der Waals surface area (Å²) in [6.45, 7) is 1.99. The molecular weight excluding hydrogens is 236 g/mol. The Balaban J connectivity index is 2.06. The van der Waals surface area contributed by atoms with Gasteiger partial charge in [-0.1, -0.05) is 12.1 Å². The molecule has 19 heavy (non-hydrogen) atoms. The zero-order chi connectivity index (χ0) is 13.4. The van der Waals surface area contributed by atoms with Gasteiger partial charge in [0.05, 0.1) is 11.6 Å². The fraction of sp³-hybridized carbons (Fsp3) is 0.200. The Morgan fingerprint density at radius 1 is 1.21 bits per heavy atom. The molecule has 2 aromatic heterocycles. The van der Waals surface area contributed by atoms with Gasteiger partial charge in [-0.3, -0.25) is 4.98 Å². The van der Waals surface area contributed by atoms with E-state index in [1.807, 2.05) is 42.9 Å². The summed E-state index contributed by atoms with van der Waals surface area (Å²) in [6.07, 6.45) is 3.67. The second-order valence-corrected chi connectivity index (χ2v) is 4.78. The van der Waals surface area contributed by atoms with Crippen LogP contribution in [-0.2, 0) is 7.05 Å². The lowest BCUT2D eigenvalue weighted by Gasteiger charge is -2.12. The van der Waals surface area contributed by atoms with E-state index in [9.17, 15) is 0 Å². The third-order valence-corrected chi connectivity index (χ3v) is 3.35. The van der Waals surface area contributed by atoms with Gasteiger partial charge < -0.3 is 10.3 Å². The predicted molar refractivity (Wildman–Crippen MR) is 75.7 cm³/mol. The second-order valence-electron chi connectivity index (χ2n) is 4.78. The Morgan fingerprint density at radius 2 is 2.05 bits per heavy atom. The van der Waals surface area contributed by atoms with Gasteiger partial charge in [-0.2, -0.15) is 0 Å². The number of benzene rings is 1. The van der Waals surface area contributed by atoms with E-state index in [1.54, 1.807) is 6.20 Å². The molecule has 0 saturated heterocycles. The van der Waals surface area contributed by atoms with Gasteiger partial charge >= 0.3 is 0 Å².